The van der Waals surface area contributed by atoms with Crippen molar-refractivity contribution in [3.63, 3.8) is 0 Å². The molecule has 3 rings (SSSR count). The molecule has 1 aromatic rings. The Bertz CT molecular complexity index is 522. The van der Waals surface area contributed by atoms with Crippen LogP contribution in [-0.2, 0) is 5.41 Å². The predicted molar refractivity (Wildman–Crippen MR) is 76.0 cm³/mol. The standard InChI is InChI=1S/C17H22O/c1-11-5-7-15-13(9-11)14-10-12(18-4)6-8-16(14)17(15,2)3/h6,8,10-11H,5,7,9H2,1-4H3. The first-order valence-corrected chi connectivity index (χ1v) is 6.95. The molecule has 0 bridgehead atoms. The minimum atomic E-state index is 0.219. The molecule has 18 heavy (non-hydrogen) atoms. The molecule has 0 amide bonds. The van der Waals surface area contributed by atoms with Gasteiger partial charge in [-0.05, 0) is 54.0 Å². The van der Waals surface area contributed by atoms with Crippen molar-refractivity contribution in [1.29, 1.82) is 0 Å². The van der Waals surface area contributed by atoms with E-state index in [4.69, 9.17) is 4.74 Å². The van der Waals surface area contributed by atoms with E-state index in [1.807, 2.05) is 0 Å². The zero-order valence-electron chi connectivity index (χ0n) is 11.8. The summed E-state index contributed by atoms with van der Waals surface area (Å²) in [5, 5.41) is 0. The minimum absolute atomic E-state index is 0.219. The number of methoxy groups -OCH3 is 1. The molecule has 0 spiro atoms. The van der Waals surface area contributed by atoms with E-state index in [2.05, 4.69) is 39.0 Å². The second-order valence-corrected chi connectivity index (χ2v) is 6.34. The lowest BCUT2D eigenvalue weighted by atomic mass is 9.76. The van der Waals surface area contributed by atoms with Gasteiger partial charge in [-0.2, -0.15) is 0 Å². The van der Waals surface area contributed by atoms with Crippen LogP contribution in [0.5, 0.6) is 5.75 Å². The Balaban J connectivity index is 2.17. The summed E-state index contributed by atoms with van der Waals surface area (Å²) in [5.41, 5.74) is 6.43. The first-order valence-electron chi connectivity index (χ1n) is 6.95. The predicted octanol–water partition coefficient (Wildman–Crippen LogP) is 4.56. The van der Waals surface area contributed by atoms with Gasteiger partial charge < -0.3 is 4.74 Å². The summed E-state index contributed by atoms with van der Waals surface area (Å²) in [6, 6.07) is 6.59. The molecular weight excluding hydrogens is 220 g/mol. The second-order valence-electron chi connectivity index (χ2n) is 6.34. The van der Waals surface area contributed by atoms with Crippen molar-refractivity contribution in [3.05, 3.63) is 34.9 Å². The van der Waals surface area contributed by atoms with Crippen LogP contribution >= 0.6 is 0 Å². The maximum absolute atomic E-state index is 5.39. The van der Waals surface area contributed by atoms with Crippen molar-refractivity contribution in [3.8, 4) is 5.75 Å². The Kier molecular flexibility index (Phi) is 2.55. The van der Waals surface area contributed by atoms with Gasteiger partial charge in [0.05, 0.1) is 7.11 Å². The van der Waals surface area contributed by atoms with E-state index in [1.54, 1.807) is 18.3 Å². The highest BCUT2D eigenvalue weighted by Gasteiger charge is 2.39. The van der Waals surface area contributed by atoms with Crippen LogP contribution in [0, 0.1) is 5.92 Å². The second kappa shape index (κ2) is 3.88. The quantitative estimate of drug-likeness (QED) is 0.701. The molecule has 0 fully saturated rings. The van der Waals surface area contributed by atoms with Crippen molar-refractivity contribution in [1.82, 2.24) is 0 Å². The van der Waals surface area contributed by atoms with Crippen LogP contribution in [0.25, 0.3) is 5.57 Å². The van der Waals surface area contributed by atoms with Gasteiger partial charge in [0, 0.05) is 5.41 Å². The molecule has 0 N–H and O–H groups in total. The van der Waals surface area contributed by atoms with Gasteiger partial charge in [-0.1, -0.05) is 32.4 Å². The normalized spacial score (nSPS) is 24.8. The highest BCUT2D eigenvalue weighted by Crippen LogP contribution is 2.53. The van der Waals surface area contributed by atoms with Gasteiger partial charge in [-0.3, -0.25) is 0 Å². The topological polar surface area (TPSA) is 9.23 Å². The van der Waals surface area contributed by atoms with Gasteiger partial charge in [0.2, 0.25) is 0 Å². The van der Waals surface area contributed by atoms with Crippen LogP contribution in [0.3, 0.4) is 0 Å². The Morgan fingerprint density at radius 3 is 2.78 bits per heavy atom. The van der Waals surface area contributed by atoms with Gasteiger partial charge in [0.15, 0.2) is 0 Å². The summed E-state index contributed by atoms with van der Waals surface area (Å²) in [6.07, 6.45) is 3.84. The van der Waals surface area contributed by atoms with E-state index < -0.39 is 0 Å². The third-order valence-corrected chi connectivity index (χ3v) is 4.78. The molecule has 0 radical (unpaired) electrons. The molecule has 96 valence electrons. The van der Waals surface area contributed by atoms with Crippen molar-refractivity contribution in [2.75, 3.05) is 7.11 Å². The first-order chi connectivity index (χ1) is 8.54. The van der Waals surface area contributed by atoms with Gasteiger partial charge in [0.25, 0.3) is 0 Å². The Labute approximate surface area is 110 Å². The molecule has 0 saturated carbocycles. The Morgan fingerprint density at radius 2 is 2.06 bits per heavy atom. The van der Waals surface area contributed by atoms with Crippen molar-refractivity contribution < 1.29 is 4.74 Å². The monoisotopic (exact) mass is 242 g/mol. The number of hydrogen-bond acceptors (Lipinski definition) is 1. The summed E-state index contributed by atoms with van der Waals surface area (Å²) in [6.45, 7) is 7.11. The van der Waals surface area contributed by atoms with Crippen LogP contribution < -0.4 is 4.74 Å². The van der Waals surface area contributed by atoms with E-state index >= 15 is 0 Å². The average molecular weight is 242 g/mol. The molecule has 1 unspecified atom stereocenters. The Hall–Kier alpha value is -1.24. The third-order valence-electron chi connectivity index (χ3n) is 4.78. The minimum Gasteiger partial charge on any atom is -0.497 e. The molecule has 1 heteroatoms. The maximum atomic E-state index is 5.39. The van der Waals surface area contributed by atoms with Crippen LogP contribution in [0.1, 0.15) is 51.2 Å². The summed E-state index contributed by atoms with van der Waals surface area (Å²) >= 11 is 0. The van der Waals surface area contributed by atoms with E-state index in [0.29, 0.717) is 0 Å². The van der Waals surface area contributed by atoms with Gasteiger partial charge in [-0.15, -0.1) is 0 Å². The molecule has 0 saturated heterocycles. The average Bonchev–Trinajstić information content (AvgIpc) is 2.58. The fraction of sp³-hybridized carbons (Fsp3) is 0.529. The SMILES string of the molecule is COc1ccc2c(c1)C1=C(CCC(C)C1)C2(C)C. The summed E-state index contributed by atoms with van der Waals surface area (Å²) in [5.74, 6) is 1.80. The van der Waals surface area contributed by atoms with Crippen LogP contribution in [0.4, 0.5) is 0 Å². The molecule has 1 nitrogen and oxygen atoms in total. The third kappa shape index (κ3) is 1.53. The molecule has 1 atom stereocenters. The van der Waals surface area contributed by atoms with Crippen molar-refractivity contribution in [2.24, 2.45) is 5.92 Å². The molecule has 0 heterocycles. The Morgan fingerprint density at radius 1 is 1.28 bits per heavy atom. The van der Waals surface area contributed by atoms with E-state index in [0.717, 1.165) is 11.7 Å². The smallest absolute Gasteiger partial charge is 0.119 e. The van der Waals surface area contributed by atoms with Gasteiger partial charge in [-0.25, -0.2) is 0 Å². The molecule has 2 aliphatic rings. The number of rotatable bonds is 1. The summed E-state index contributed by atoms with van der Waals surface area (Å²) in [7, 11) is 1.75. The molecule has 1 aromatic carbocycles. The number of benzene rings is 1. The van der Waals surface area contributed by atoms with Crippen molar-refractivity contribution >= 4 is 5.57 Å². The largest absolute Gasteiger partial charge is 0.497 e. The number of fused-ring (bicyclic) bond motifs is 2. The van der Waals surface area contributed by atoms with E-state index in [-0.39, 0.29) is 5.41 Å². The number of hydrogen-bond donors (Lipinski definition) is 0. The van der Waals surface area contributed by atoms with Crippen LogP contribution in [0.15, 0.2) is 23.8 Å². The lowest BCUT2D eigenvalue weighted by Gasteiger charge is -2.28. The fourth-order valence-electron chi connectivity index (χ4n) is 3.69. The van der Waals surface area contributed by atoms with Crippen LogP contribution in [-0.4, -0.2) is 7.11 Å². The van der Waals surface area contributed by atoms with Gasteiger partial charge >= 0.3 is 0 Å². The highest BCUT2D eigenvalue weighted by molar-refractivity contribution is 5.81. The summed E-state index contributed by atoms with van der Waals surface area (Å²) < 4.78 is 5.39. The lowest BCUT2D eigenvalue weighted by Crippen LogP contribution is -2.19. The molecular formula is C17H22O. The first kappa shape index (κ1) is 11.8. The van der Waals surface area contributed by atoms with E-state index in [1.165, 1.54) is 30.4 Å². The molecule has 0 aliphatic heterocycles. The van der Waals surface area contributed by atoms with Gasteiger partial charge in [0.1, 0.15) is 5.75 Å². The lowest BCUT2D eigenvalue weighted by molar-refractivity contribution is 0.414. The molecule has 2 aliphatic carbocycles. The van der Waals surface area contributed by atoms with Crippen molar-refractivity contribution in [2.45, 2.75) is 45.4 Å². The maximum Gasteiger partial charge on any atom is 0.119 e. The van der Waals surface area contributed by atoms with E-state index in [9.17, 15) is 0 Å². The van der Waals surface area contributed by atoms with Crippen LogP contribution in [0.2, 0.25) is 0 Å². The molecule has 0 aromatic heterocycles. The number of allylic oxidation sites excluding steroid dienone is 2. The highest BCUT2D eigenvalue weighted by atomic mass is 16.5. The zero-order chi connectivity index (χ0) is 12.9. The number of ether oxygens (including phenoxy) is 1. The fourth-order valence-corrected chi connectivity index (χ4v) is 3.69. The zero-order valence-corrected chi connectivity index (χ0v) is 11.8. The summed E-state index contributed by atoms with van der Waals surface area (Å²) in [4.78, 5) is 0.